The molecule has 3 rings (SSSR count). The lowest BCUT2D eigenvalue weighted by molar-refractivity contribution is 0.604. The van der Waals surface area contributed by atoms with E-state index in [2.05, 4.69) is 27.5 Å². The molecule has 0 saturated carbocycles. The van der Waals surface area contributed by atoms with Crippen molar-refractivity contribution in [2.45, 2.75) is 26.4 Å². The lowest BCUT2D eigenvalue weighted by Gasteiger charge is -2.14. The van der Waals surface area contributed by atoms with E-state index >= 15 is 0 Å². The predicted octanol–water partition coefficient (Wildman–Crippen LogP) is 0.344. The Kier molecular flexibility index (Phi) is 2.44. The first kappa shape index (κ1) is 10.5. The number of fused-ring (bicyclic) bond motifs is 1. The molecule has 0 fully saturated rings. The summed E-state index contributed by atoms with van der Waals surface area (Å²) in [6, 6.07) is 0. The molecule has 2 aromatic heterocycles. The van der Waals surface area contributed by atoms with Gasteiger partial charge in [0.2, 0.25) is 0 Å². The maximum Gasteiger partial charge on any atom is 0.184 e. The molecular formula is C11H16N6. The summed E-state index contributed by atoms with van der Waals surface area (Å²) in [7, 11) is 2.00. The monoisotopic (exact) mass is 232 g/mol. The highest BCUT2D eigenvalue weighted by Gasteiger charge is 2.22. The Labute approximate surface area is 99.7 Å². The van der Waals surface area contributed by atoms with Gasteiger partial charge < -0.3 is 9.88 Å². The van der Waals surface area contributed by atoms with Gasteiger partial charge >= 0.3 is 0 Å². The van der Waals surface area contributed by atoms with E-state index in [0.29, 0.717) is 0 Å². The third kappa shape index (κ3) is 1.56. The van der Waals surface area contributed by atoms with Crippen molar-refractivity contribution in [3.8, 4) is 11.5 Å². The molecule has 0 unspecified atom stereocenters. The van der Waals surface area contributed by atoms with Gasteiger partial charge in [-0.15, -0.1) is 10.2 Å². The number of nitrogens with one attached hydrogen (secondary N) is 1. The zero-order chi connectivity index (χ0) is 11.8. The van der Waals surface area contributed by atoms with Gasteiger partial charge in [-0.05, 0) is 6.92 Å². The zero-order valence-electron chi connectivity index (χ0n) is 10.1. The largest absolute Gasteiger partial charge is 0.313 e. The van der Waals surface area contributed by atoms with Crippen molar-refractivity contribution in [1.82, 2.24) is 29.9 Å². The molecule has 0 atom stereocenters. The van der Waals surface area contributed by atoms with Crippen LogP contribution in [0.25, 0.3) is 11.5 Å². The van der Waals surface area contributed by atoms with Gasteiger partial charge in [-0.25, -0.2) is 0 Å². The Morgan fingerprint density at radius 2 is 2.35 bits per heavy atom. The Bertz CT molecular complexity index is 538. The van der Waals surface area contributed by atoms with Gasteiger partial charge in [0.25, 0.3) is 0 Å². The first-order chi connectivity index (χ1) is 8.31. The number of hydrogen-bond acceptors (Lipinski definition) is 4. The fraction of sp³-hybridized carbons (Fsp3) is 0.545. The summed E-state index contributed by atoms with van der Waals surface area (Å²) >= 11 is 0. The van der Waals surface area contributed by atoms with Crippen LogP contribution >= 0.6 is 0 Å². The van der Waals surface area contributed by atoms with E-state index in [-0.39, 0.29) is 0 Å². The maximum atomic E-state index is 4.60. The fourth-order valence-corrected chi connectivity index (χ4v) is 2.37. The molecule has 17 heavy (non-hydrogen) atoms. The van der Waals surface area contributed by atoms with E-state index in [1.54, 1.807) is 6.33 Å². The van der Waals surface area contributed by atoms with Gasteiger partial charge in [0.1, 0.15) is 12.0 Å². The molecule has 0 radical (unpaired) electrons. The van der Waals surface area contributed by atoms with E-state index < -0.39 is 0 Å². The number of rotatable bonds is 2. The summed E-state index contributed by atoms with van der Waals surface area (Å²) in [6.07, 6.45) is 2.78. The van der Waals surface area contributed by atoms with Crippen molar-refractivity contribution >= 4 is 0 Å². The number of hydrogen-bond donors (Lipinski definition) is 1. The van der Waals surface area contributed by atoms with Crippen molar-refractivity contribution in [2.24, 2.45) is 7.05 Å². The molecular weight excluding hydrogens is 216 g/mol. The Morgan fingerprint density at radius 1 is 1.47 bits per heavy atom. The van der Waals surface area contributed by atoms with Gasteiger partial charge in [-0.3, -0.25) is 4.68 Å². The van der Waals surface area contributed by atoms with E-state index in [0.717, 1.165) is 37.6 Å². The third-order valence-electron chi connectivity index (χ3n) is 3.28. The summed E-state index contributed by atoms with van der Waals surface area (Å²) in [5.74, 6) is 0.869. The Hall–Kier alpha value is -1.69. The SMILES string of the molecule is CCn1cnnc1-c1nn(C)c2c1CNCC2. The second kappa shape index (κ2) is 3.96. The highest BCUT2D eigenvalue weighted by atomic mass is 15.3. The van der Waals surface area contributed by atoms with Crippen LogP contribution in [0.5, 0.6) is 0 Å². The Balaban J connectivity index is 2.15. The van der Waals surface area contributed by atoms with Gasteiger partial charge in [0.15, 0.2) is 5.82 Å². The highest BCUT2D eigenvalue weighted by molar-refractivity contribution is 5.57. The van der Waals surface area contributed by atoms with E-state index in [9.17, 15) is 0 Å². The second-order valence-corrected chi connectivity index (χ2v) is 4.26. The standard InChI is InChI=1S/C11H16N6/c1-3-17-7-13-14-11(17)10-8-6-12-5-4-9(8)16(2)15-10/h7,12H,3-6H2,1-2H3. The summed E-state index contributed by atoms with van der Waals surface area (Å²) in [5.41, 5.74) is 3.54. The molecule has 0 saturated heterocycles. The average Bonchev–Trinajstić information content (AvgIpc) is 2.94. The second-order valence-electron chi connectivity index (χ2n) is 4.26. The van der Waals surface area contributed by atoms with E-state index in [4.69, 9.17) is 0 Å². The number of aryl methyl sites for hydroxylation is 2. The number of aromatic nitrogens is 5. The average molecular weight is 232 g/mol. The quantitative estimate of drug-likeness (QED) is 0.811. The van der Waals surface area contributed by atoms with Gasteiger partial charge in [0.05, 0.1) is 0 Å². The van der Waals surface area contributed by atoms with Crippen molar-refractivity contribution < 1.29 is 0 Å². The molecule has 2 aromatic rings. The summed E-state index contributed by atoms with van der Waals surface area (Å²) in [5, 5.41) is 16.1. The van der Waals surface area contributed by atoms with Gasteiger partial charge in [-0.1, -0.05) is 0 Å². The molecule has 0 amide bonds. The van der Waals surface area contributed by atoms with Gasteiger partial charge in [0, 0.05) is 44.4 Å². The van der Waals surface area contributed by atoms with Crippen molar-refractivity contribution in [3.05, 3.63) is 17.6 Å². The molecule has 6 nitrogen and oxygen atoms in total. The van der Waals surface area contributed by atoms with Crippen LogP contribution in [-0.2, 0) is 26.6 Å². The normalized spacial score (nSPS) is 14.9. The first-order valence-corrected chi connectivity index (χ1v) is 5.95. The molecule has 1 aliphatic heterocycles. The van der Waals surface area contributed by atoms with Gasteiger partial charge in [-0.2, -0.15) is 5.10 Å². The van der Waals surface area contributed by atoms with Crippen LogP contribution < -0.4 is 5.32 Å². The van der Waals surface area contributed by atoms with Crippen molar-refractivity contribution in [1.29, 1.82) is 0 Å². The lowest BCUT2D eigenvalue weighted by atomic mass is 10.1. The van der Waals surface area contributed by atoms with Crippen LogP contribution in [0.4, 0.5) is 0 Å². The minimum Gasteiger partial charge on any atom is -0.313 e. The van der Waals surface area contributed by atoms with Crippen LogP contribution in [0.2, 0.25) is 0 Å². The van der Waals surface area contributed by atoms with Crippen molar-refractivity contribution in [3.63, 3.8) is 0 Å². The van der Waals surface area contributed by atoms with Crippen LogP contribution in [0.15, 0.2) is 6.33 Å². The molecule has 0 aliphatic carbocycles. The van der Waals surface area contributed by atoms with Crippen LogP contribution in [0.1, 0.15) is 18.2 Å². The number of nitrogens with zero attached hydrogens (tertiary/aromatic N) is 5. The molecule has 90 valence electrons. The molecule has 1 aliphatic rings. The Morgan fingerprint density at radius 3 is 3.18 bits per heavy atom. The van der Waals surface area contributed by atoms with Crippen LogP contribution in [0, 0.1) is 0 Å². The topological polar surface area (TPSA) is 60.6 Å². The zero-order valence-corrected chi connectivity index (χ0v) is 10.1. The summed E-state index contributed by atoms with van der Waals surface area (Å²) < 4.78 is 4.00. The molecule has 1 N–H and O–H groups in total. The minimum atomic E-state index is 0.862. The molecule has 0 spiro atoms. The third-order valence-corrected chi connectivity index (χ3v) is 3.28. The fourth-order valence-electron chi connectivity index (χ4n) is 2.37. The lowest BCUT2D eigenvalue weighted by Crippen LogP contribution is -2.24. The minimum absolute atomic E-state index is 0.862. The van der Waals surface area contributed by atoms with Crippen LogP contribution in [0.3, 0.4) is 0 Å². The summed E-state index contributed by atoms with van der Waals surface area (Å²) in [4.78, 5) is 0. The predicted molar refractivity (Wildman–Crippen MR) is 63.3 cm³/mol. The smallest absolute Gasteiger partial charge is 0.184 e. The maximum absolute atomic E-state index is 4.60. The highest BCUT2D eigenvalue weighted by Crippen LogP contribution is 2.25. The summed E-state index contributed by atoms with van der Waals surface area (Å²) in [6.45, 7) is 4.84. The van der Waals surface area contributed by atoms with E-state index in [1.165, 1.54) is 11.3 Å². The molecule has 6 heteroatoms. The van der Waals surface area contributed by atoms with Crippen LogP contribution in [-0.4, -0.2) is 31.1 Å². The molecule has 0 aromatic carbocycles. The molecule has 0 bridgehead atoms. The molecule has 3 heterocycles. The van der Waals surface area contributed by atoms with Crippen molar-refractivity contribution in [2.75, 3.05) is 6.54 Å². The van der Waals surface area contributed by atoms with E-state index in [1.807, 2.05) is 16.3 Å². The first-order valence-electron chi connectivity index (χ1n) is 5.95.